The summed E-state index contributed by atoms with van der Waals surface area (Å²) < 4.78 is 13.6. The summed E-state index contributed by atoms with van der Waals surface area (Å²) in [5.41, 5.74) is 2.48. The maximum absolute atomic E-state index is 13.6. The smallest absolute Gasteiger partial charge is 0.123 e. The summed E-state index contributed by atoms with van der Waals surface area (Å²) >= 11 is 0. The van der Waals surface area contributed by atoms with Crippen molar-refractivity contribution in [3.8, 4) is 0 Å². The summed E-state index contributed by atoms with van der Waals surface area (Å²) in [6.45, 7) is 8.80. The molecule has 112 valence electrons. The minimum absolute atomic E-state index is 0.0934. The molecule has 2 rings (SSSR count). The number of halogens is 1. The van der Waals surface area contributed by atoms with Crippen molar-refractivity contribution in [1.82, 2.24) is 5.32 Å². The minimum Gasteiger partial charge on any atom is -0.316 e. The quantitative estimate of drug-likeness (QED) is 0.772. The molecule has 1 aromatic rings. The number of benzene rings is 1. The third-order valence-electron chi connectivity index (χ3n) is 4.73. The van der Waals surface area contributed by atoms with Crippen LogP contribution in [0, 0.1) is 24.6 Å². The molecular weight excluding hydrogens is 249 g/mol. The predicted octanol–water partition coefficient (Wildman–Crippen LogP) is 4.65. The van der Waals surface area contributed by atoms with Gasteiger partial charge in [-0.05, 0) is 80.3 Å². The van der Waals surface area contributed by atoms with Crippen LogP contribution in [-0.4, -0.2) is 13.1 Å². The van der Waals surface area contributed by atoms with Gasteiger partial charge in [0.25, 0.3) is 0 Å². The maximum atomic E-state index is 13.6. The standard InChI is InChI=1S/C18H28FN/c1-4-9-20-12-15-7-5-13(2)10-18(15)17-11-16(19)8-6-14(17)3/h6,8,11,13,15,18,20H,4-5,7,9-10,12H2,1-3H3. The van der Waals surface area contributed by atoms with Crippen LogP contribution in [0.2, 0.25) is 0 Å². The first kappa shape index (κ1) is 15.5. The van der Waals surface area contributed by atoms with Crippen molar-refractivity contribution < 1.29 is 4.39 Å². The molecule has 0 spiro atoms. The van der Waals surface area contributed by atoms with Crippen LogP contribution in [0.3, 0.4) is 0 Å². The van der Waals surface area contributed by atoms with E-state index in [1.807, 2.05) is 6.07 Å². The average molecular weight is 277 g/mol. The van der Waals surface area contributed by atoms with Crippen molar-refractivity contribution in [3.05, 3.63) is 35.1 Å². The molecule has 1 N–H and O–H groups in total. The van der Waals surface area contributed by atoms with Gasteiger partial charge in [0.15, 0.2) is 0 Å². The zero-order valence-electron chi connectivity index (χ0n) is 13.1. The fourth-order valence-electron chi connectivity index (χ4n) is 3.54. The van der Waals surface area contributed by atoms with Crippen molar-refractivity contribution in [2.75, 3.05) is 13.1 Å². The van der Waals surface area contributed by atoms with Gasteiger partial charge in [0.1, 0.15) is 5.82 Å². The monoisotopic (exact) mass is 277 g/mol. The second-order valence-corrected chi connectivity index (χ2v) is 6.49. The first-order valence-electron chi connectivity index (χ1n) is 8.08. The Morgan fingerprint density at radius 2 is 2.10 bits per heavy atom. The summed E-state index contributed by atoms with van der Waals surface area (Å²) in [5.74, 6) is 1.83. The lowest BCUT2D eigenvalue weighted by molar-refractivity contribution is 0.241. The maximum Gasteiger partial charge on any atom is 0.123 e. The first-order chi connectivity index (χ1) is 9.61. The average Bonchev–Trinajstić information content (AvgIpc) is 2.43. The van der Waals surface area contributed by atoms with Gasteiger partial charge in [-0.15, -0.1) is 0 Å². The third-order valence-corrected chi connectivity index (χ3v) is 4.73. The van der Waals surface area contributed by atoms with Crippen LogP contribution >= 0.6 is 0 Å². The van der Waals surface area contributed by atoms with Gasteiger partial charge in [-0.25, -0.2) is 4.39 Å². The Bertz CT molecular complexity index is 429. The molecule has 3 unspecified atom stereocenters. The van der Waals surface area contributed by atoms with Crippen molar-refractivity contribution >= 4 is 0 Å². The van der Waals surface area contributed by atoms with Crippen LogP contribution in [-0.2, 0) is 0 Å². The molecule has 0 aliphatic heterocycles. The zero-order valence-corrected chi connectivity index (χ0v) is 13.1. The van der Waals surface area contributed by atoms with Crippen molar-refractivity contribution in [2.24, 2.45) is 11.8 Å². The highest BCUT2D eigenvalue weighted by molar-refractivity contribution is 5.31. The Hall–Kier alpha value is -0.890. The Morgan fingerprint density at radius 1 is 1.30 bits per heavy atom. The van der Waals surface area contributed by atoms with E-state index in [0.717, 1.165) is 19.0 Å². The van der Waals surface area contributed by atoms with Crippen LogP contribution in [0.5, 0.6) is 0 Å². The fraction of sp³-hybridized carbons (Fsp3) is 0.667. The molecule has 3 atom stereocenters. The van der Waals surface area contributed by atoms with E-state index in [1.54, 1.807) is 12.1 Å². The van der Waals surface area contributed by atoms with E-state index in [-0.39, 0.29) is 5.82 Å². The number of nitrogens with one attached hydrogen (secondary N) is 1. The van der Waals surface area contributed by atoms with Crippen LogP contribution in [0.15, 0.2) is 18.2 Å². The molecule has 1 aliphatic rings. The zero-order chi connectivity index (χ0) is 14.5. The van der Waals surface area contributed by atoms with Gasteiger partial charge < -0.3 is 5.32 Å². The summed E-state index contributed by atoms with van der Waals surface area (Å²) in [4.78, 5) is 0. The highest BCUT2D eigenvalue weighted by Crippen LogP contribution is 2.41. The van der Waals surface area contributed by atoms with Gasteiger partial charge >= 0.3 is 0 Å². The van der Waals surface area contributed by atoms with Crippen LogP contribution < -0.4 is 5.32 Å². The Morgan fingerprint density at radius 3 is 2.85 bits per heavy atom. The van der Waals surface area contributed by atoms with E-state index in [0.29, 0.717) is 11.8 Å². The van der Waals surface area contributed by atoms with Crippen LogP contribution in [0.1, 0.15) is 56.6 Å². The molecule has 20 heavy (non-hydrogen) atoms. The highest BCUT2D eigenvalue weighted by atomic mass is 19.1. The lowest BCUT2D eigenvalue weighted by Gasteiger charge is -2.36. The number of rotatable bonds is 5. The van der Waals surface area contributed by atoms with Gasteiger partial charge in [-0.3, -0.25) is 0 Å². The Kier molecular flexibility index (Phi) is 5.59. The molecule has 0 heterocycles. The molecule has 1 aliphatic carbocycles. The summed E-state index contributed by atoms with van der Waals surface area (Å²) in [7, 11) is 0. The van der Waals surface area contributed by atoms with Crippen LogP contribution in [0.4, 0.5) is 4.39 Å². The lowest BCUT2D eigenvalue weighted by atomic mass is 9.70. The second kappa shape index (κ2) is 7.21. The lowest BCUT2D eigenvalue weighted by Crippen LogP contribution is -2.32. The summed E-state index contributed by atoms with van der Waals surface area (Å²) in [5, 5.41) is 3.56. The van der Waals surface area contributed by atoms with Gasteiger partial charge in [0, 0.05) is 0 Å². The molecule has 0 aromatic heterocycles. The molecule has 0 radical (unpaired) electrons. The van der Waals surface area contributed by atoms with E-state index in [9.17, 15) is 4.39 Å². The van der Waals surface area contributed by atoms with Crippen LogP contribution in [0.25, 0.3) is 0 Å². The molecule has 0 bridgehead atoms. The first-order valence-corrected chi connectivity index (χ1v) is 8.08. The normalized spacial score (nSPS) is 26.7. The number of hydrogen-bond donors (Lipinski definition) is 1. The molecule has 1 aromatic carbocycles. The largest absolute Gasteiger partial charge is 0.316 e. The highest BCUT2D eigenvalue weighted by Gasteiger charge is 2.30. The Labute approximate surface area is 123 Å². The number of hydrogen-bond acceptors (Lipinski definition) is 1. The molecule has 0 amide bonds. The molecule has 1 saturated carbocycles. The van der Waals surface area contributed by atoms with E-state index in [1.165, 1.54) is 36.8 Å². The van der Waals surface area contributed by atoms with E-state index in [2.05, 4.69) is 26.1 Å². The predicted molar refractivity (Wildman–Crippen MR) is 83.5 cm³/mol. The van der Waals surface area contributed by atoms with E-state index >= 15 is 0 Å². The minimum atomic E-state index is -0.0934. The van der Waals surface area contributed by atoms with Crippen molar-refractivity contribution in [3.63, 3.8) is 0 Å². The topological polar surface area (TPSA) is 12.0 Å². The third kappa shape index (κ3) is 3.82. The molecule has 0 saturated heterocycles. The SMILES string of the molecule is CCCNCC1CCC(C)CC1c1cc(F)ccc1C. The van der Waals surface area contributed by atoms with E-state index < -0.39 is 0 Å². The van der Waals surface area contributed by atoms with Gasteiger partial charge in [-0.2, -0.15) is 0 Å². The van der Waals surface area contributed by atoms with Crippen molar-refractivity contribution in [1.29, 1.82) is 0 Å². The molecular formula is C18H28FN. The second-order valence-electron chi connectivity index (χ2n) is 6.49. The van der Waals surface area contributed by atoms with Gasteiger partial charge in [0.2, 0.25) is 0 Å². The summed E-state index contributed by atoms with van der Waals surface area (Å²) in [6.07, 6.45) is 4.94. The van der Waals surface area contributed by atoms with E-state index in [4.69, 9.17) is 0 Å². The molecule has 1 nitrogen and oxygen atoms in total. The molecule has 1 fully saturated rings. The number of aryl methyl sites for hydroxylation is 1. The summed E-state index contributed by atoms with van der Waals surface area (Å²) in [6, 6.07) is 5.28. The Balaban J connectivity index is 2.16. The molecule has 2 heteroatoms. The fourth-order valence-corrected chi connectivity index (χ4v) is 3.54. The van der Waals surface area contributed by atoms with Gasteiger partial charge in [0.05, 0.1) is 0 Å². The van der Waals surface area contributed by atoms with Crippen molar-refractivity contribution in [2.45, 2.75) is 52.4 Å². The van der Waals surface area contributed by atoms with Gasteiger partial charge in [-0.1, -0.05) is 26.3 Å².